The maximum atomic E-state index is 12.6. The summed E-state index contributed by atoms with van der Waals surface area (Å²) in [5.41, 5.74) is 0. The Hall–Kier alpha value is -1.06. The predicted molar refractivity (Wildman–Crippen MR) is 72.6 cm³/mol. The number of methoxy groups -OCH3 is 1. The van der Waals surface area contributed by atoms with Crippen LogP contribution in [0.5, 0.6) is 0 Å². The molecule has 1 heterocycles. The summed E-state index contributed by atoms with van der Waals surface area (Å²) in [6, 6.07) is 0.0654. The zero-order chi connectivity index (χ0) is 13.7. The van der Waals surface area contributed by atoms with E-state index in [1.165, 1.54) is 26.4 Å². The minimum atomic E-state index is -0.201. The molecule has 1 aliphatic heterocycles. The molecule has 0 aromatic rings. The predicted octanol–water partition coefficient (Wildman–Crippen LogP) is 2.51. The van der Waals surface area contributed by atoms with Crippen molar-refractivity contribution in [2.45, 2.75) is 63.8 Å². The molecule has 2 fully saturated rings. The number of hydrogen-bond acceptors (Lipinski definition) is 3. The van der Waals surface area contributed by atoms with E-state index < -0.39 is 0 Å². The summed E-state index contributed by atoms with van der Waals surface area (Å²) in [4.78, 5) is 26.0. The highest BCUT2D eigenvalue weighted by molar-refractivity contribution is 5.80. The third-order valence-electron chi connectivity index (χ3n) is 4.49. The Morgan fingerprint density at radius 1 is 1.05 bits per heavy atom. The Morgan fingerprint density at radius 3 is 2.42 bits per heavy atom. The molecule has 0 N–H and O–H groups in total. The number of ether oxygens (including phenoxy) is 1. The van der Waals surface area contributed by atoms with Gasteiger partial charge in [0, 0.05) is 18.5 Å². The van der Waals surface area contributed by atoms with Crippen LogP contribution in [0.15, 0.2) is 0 Å². The van der Waals surface area contributed by atoms with Gasteiger partial charge >= 0.3 is 5.97 Å². The Balaban J connectivity index is 1.97. The van der Waals surface area contributed by atoms with Crippen LogP contribution in [-0.4, -0.2) is 36.5 Å². The summed E-state index contributed by atoms with van der Waals surface area (Å²) in [6.07, 6.45) is 9.13. The summed E-state index contributed by atoms with van der Waals surface area (Å²) in [5.74, 6) is 0.286. The molecule has 0 spiro atoms. The zero-order valence-corrected chi connectivity index (χ0v) is 11.9. The van der Waals surface area contributed by atoms with Crippen molar-refractivity contribution in [2.24, 2.45) is 5.92 Å². The van der Waals surface area contributed by atoms with Crippen LogP contribution in [0.4, 0.5) is 0 Å². The van der Waals surface area contributed by atoms with E-state index in [1.807, 2.05) is 4.90 Å². The van der Waals surface area contributed by atoms with Crippen LogP contribution in [0.3, 0.4) is 0 Å². The summed E-state index contributed by atoms with van der Waals surface area (Å²) < 4.78 is 4.75. The second-order valence-corrected chi connectivity index (χ2v) is 5.80. The largest absolute Gasteiger partial charge is 0.469 e. The highest BCUT2D eigenvalue weighted by Crippen LogP contribution is 2.29. The molecule has 1 atom stereocenters. The van der Waals surface area contributed by atoms with Gasteiger partial charge in [0.2, 0.25) is 5.91 Å². The lowest BCUT2D eigenvalue weighted by Crippen LogP contribution is -2.47. The molecule has 1 amide bonds. The van der Waals surface area contributed by atoms with E-state index in [-0.39, 0.29) is 23.8 Å². The lowest BCUT2D eigenvalue weighted by Gasteiger charge is -2.38. The van der Waals surface area contributed by atoms with Crippen molar-refractivity contribution < 1.29 is 14.3 Å². The summed E-state index contributed by atoms with van der Waals surface area (Å²) in [6.45, 7) is 0.816. The van der Waals surface area contributed by atoms with Crippen LogP contribution < -0.4 is 0 Å². The highest BCUT2D eigenvalue weighted by atomic mass is 16.5. The lowest BCUT2D eigenvalue weighted by molar-refractivity contribution is -0.146. The highest BCUT2D eigenvalue weighted by Gasteiger charge is 2.33. The van der Waals surface area contributed by atoms with Crippen molar-refractivity contribution in [1.82, 2.24) is 4.90 Å². The molecule has 1 unspecified atom stereocenters. The number of piperidine rings is 1. The van der Waals surface area contributed by atoms with Crippen LogP contribution in [0.2, 0.25) is 0 Å². The SMILES string of the molecule is COC(=O)CC1CCCCN1C(=O)C1CCCCC1. The van der Waals surface area contributed by atoms with Gasteiger partial charge in [-0.3, -0.25) is 9.59 Å². The quantitative estimate of drug-likeness (QED) is 0.738. The molecule has 0 aromatic heterocycles. The molecule has 2 aliphatic rings. The minimum Gasteiger partial charge on any atom is -0.469 e. The fourth-order valence-corrected chi connectivity index (χ4v) is 3.36. The van der Waals surface area contributed by atoms with Crippen molar-refractivity contribution in [3.05, 3.63) is 0 Å². The first-order valence-electron chi connectivity index (χ1n) is 7.59. The van der Waals surface area contributed by atoms with Gasteiger partial charge in [0.15, 0.2) is 0 Å². The summed E-state index contributed by atoms with van der Waals surface area (Å²) in [7, 11) is 1.42. The molecule has 0 bridgehead atoms. The number of amides is 1. The normalized spacial score (nSPS) is 25.1. The molecular weight excluding hydrogens is 242 g/mol. The smallest absolute Gasteiger partial charge is 0.307 e. The molecule has 19 heavy (non-hydrogen) atoms. The van der Waals surface area contributed by atoms with Crippen LogP contribution in [-0.2, 0) is 14.3 Å². The number of carbonyl (C=O) groups excluding carboxylic acids is 2. The second kappa shape index (κ2) is 6.92. The second-order valence-electron chi connectivity index (χ2n) is 5.80. The first kappa shape index (κ1) is 14.4. The van der Waals surface area contributed by atoms with Gasteiger partial charge < -0.3 is 9.64 Å². The molecule has 4 nitrogen and oxygen atoms in total. The van der Waals surface area contributed by atoms with Crippen LogP contribution in [0, 0.1) is 5.92 Å². The summed E-state index contributed by atoms with van der Waals surface area (Å²) in [5, 5.41) is 0. The average Bonchev–Trinajstić information content (AvgIpc) is 2.48. The Kier molecular flexibility index (Phi) is 5.23. The van der Waals surface area contributed by atoms with Gasteiger partial charge in [-0.2, -0.15) is 0 Å². The molecule has 108 valence electrons. The molecule has 2 rings (SSSR count). The number of carbonyl (C=O) groups is 2. The van der Waals surface area contributed by atoms with Crippen molar-refractivity contribution >= 4 is 11.9 Å². The average molecular weight is 267 g/mol. The fraction of sp³-hybridized carbons (Fsp3) is 0.867. The van der Waals surface area contributed by atoms with Gasteiger partial charge in [-0.25, -0.2) is 0 Å². The van der Waals surface area contributed by atoms with Gasteiger partial charge in [0.05, 0.1) is 13.5 Å². The topological polar surface area (TPSA) is 46.6 Å². The molecule has 1 saturated heterocycles. The zero-order valence-electron chi connectivity index (χ0n) is 11.9. The van der Waals surface area contributed by atoms with Gasteiger partial charge in [-0.05, 0) is 32.1 Å². The first-order valence-corrected chi connectivity index (χ1v) is 7.59. The van der Waals surface area contributed by atoms with Crippen molar-refractivity contribution in [3.8, 4) is 0 Å². The number of likely N-dealkylation sites (tertiary alicyclic amines) is 1. The monoisotopic (exact) mass is 267 g/mol. The molecule has 0 aromatic carbocycles. The van der Waals surface area contributed by atoms with Gasteiger partial charge in [0.1, 0.15) is 0 Å². The van der Waals surface area contributed by atoms with E-state index in [0.29, 0.717) is 6.42 Å². The Bertz CT molecular complexity index is 323. The standard InChI is InChI=1S/C15H25NO3/c1-19-14(17)11-13-9-5-6-10-16(13)15(18)12-7-3-2-4-8-12/h12-13H,2-11H2,1H3. The molecule has 4 heteroatoms. The van der Waals surface area contributed by atoms with E-state index in [2.05, 4.69) is 0 Å². The van der Waals surface area contributed by atoms with Gasteiger partial charge in [-0.1, -0.05) is 19.3 Å². The number of hydrogen-bond donors (Lipinski definition) is 0. The lowest BCUT2D eigenvalue weighted by atomic mass is 9.87. The van der Waals surface area contributed by atoms with E-state index in [9.17, 15) is 9.59 Å². The number of esters is 1. The maximum absolute atomic E-state index is 12.6. The van der Waals surface area contributed by atoms with Gasteiger partial charge in [0.25, 0.3) is 0 Å². The number of rotatable bonds is 3. The maximum Gasteiger partial charge on any atom is 0.307 e. The van der Waals surface area contributed by atoms with Crippen molar-refractivity contribution in [2.75, 3.05) is 13.7 Å². The molecular formula is C15H25NO3. The van der Waals surface area contributed by atoms with E-state index in [4.69, 9.17) is 4.74 Å². The van der Waals surface area contributed by atoms with Crippen LogP contribution in [0.1, 0.15) is 57.8 Å². The fourth-order valence-electron chi connectivity index (χ4n) is 3.36. The summed E-state index contributed by atoms with van der Waals surface area (Å²) >= 11 is 0. The minimum absolute atomic E-state index is 0.0654. The Morgan fingerprint density at radius 2 is 1.74 bits per heavy atom. The van der Waals surface area contributed by atoms with Crippen molar-refractivity contribution in [3.63, 3.8) is 0 Å². The van der Waals surface area contributed by atoms with E-state index in [0.717, 1.165) is 38.6 Å². The van der Waals surface area contributed by atoms with Crippen LogP contribution >= 0.6 is 0 Å². The first-order chi connectivity index (χ1) is 9.22. The molecule has 1 saturated carbocycles. The third-order valence-corrected chi connectivity index (χ3v) is 4.49. The Labute approximate surface area is 115 Å². The third kappa shape index (κ3) is 3.71. The van der Waals surface area contributed by atoms with Crippen LogP contribution in [0.25, 0.3) is 0 Å². The van der Waals surface area contributed by atoms with Gasteiger partial charge in [-0.15, -0.1) is 0 Å². The van der Waals surface area contributed by atoms with E-state index >= 15 is 0 Å². The molecule has 1 aliphatic carbocycles. The van der Waals surface area contributed by atoms with E-state index in [1.54, 1.807) is 0 Å². The molecule has 0 radical (unpaired) electrons. The van der Waals surface area contributed by atoms with Crippen molar-refractivity contribution in [1.29, 1.82) is 0 Å². The number of nitrogens with zero attached hydrogens (tertiary/aromatic N) is 1.